The Hall–Kier alpha value is -2.90. The van der Waals surface area contributed by atoms with Gasteiger partial charge < -0.3 is 14.5 Å². The molecule has 5 rings (SSSR count). The molecule has 4 heterocycles. The van der Waals surface area contributed by atoms with Crippen LogP contribution in [0.3, 0.4) is 0 Å². The molecule has 8 heteroatoms. The number of nitrogens with zero attached hydrogens (tertiary/aromatic N) is 7. The van der Waals surface area contributed by atoms with Gasteiger partial charge in [-0.15, -0.1) is 0 Å². The zero-order valence-electron chi connectivity index (χ0n) is 17.0. The summed E-state index contributed by atoms with van der Waals surface area (Å²) in [5.74, 6) is 3.71. The third kappa shape index (κ3) is 3.59. The lowest BCUT2D eigenvalue weighted by atomic mass is 9.96. The number of piperidine rings is 1. The van der Waals surface area contributed by atoms with Crippen LogP contribution in [0.15, 0.2) is 30.9 Å². The molecule has 0 atom stereocenters. The Morgan fingerprint density at radius 2 is 1.86 bits per heavy atom. The number of ether oxygens (including phenoxy) is 1. The normalized spacial score (nSPS) is 17.7. The van der Waals surface area contributed by atoms with Crippen LogP contribution in [0, 0.1) is 5.92 Å². The second-order valence-corrected chi connectivity index (χ2v) is 8.12. The van der Waals surface area contributed by atoms with E-state index < -0.39 is 0 Å². The molecule has 0 radical (unpaired) electrons. The van der Waals surface area contributed by atoms with Crippen molar-refractivity contribution < 1.29 is 4.74 Å². The monoisotopic (exact) mass is 393 g/mol. The van der Waals surface area contributed by atoms with E-state index in [4.69, 9.17) is 14.8 Å². The Balaban J connectivity index is 1.25. The first-order valence-corrected chi connectivity index (χ1v) is 10.4. The first kappa shape index (κ1) is 18.1. The molecule has 152 valence electrons. The summed E-state index contributed by atoms with van der Waals surface area (Å²) in [7, 11) is 3.70. The number of fused-ring (bicyclic) bond motifs is 1. The fourth-order valence-corrected chi connectivity index (χ4v) is 4.27. The largest absolute Gasteiger partial charge is 0.478 e. The van der Waals surface area contributed by atoms with Gasteiger partial charge in [-0.1, -0.05) is 0 Å². The van der Waals surface area contributed by atoms with Gasteiger partial charge in [-0.3, -0.25) is 0 Å². The highest BCUT2D eigenvalue weighted by Gasteiger charge is 2.28. The minimum absolute atomic E-state index is 0.579. The van der Waals surface area contributed by atoms with Gasteiger partial charge in [0.15, 0.2) is 11.6 Å². The van der Waals surface area contributed by atoms with Gasteiger partial charge in [-0.25, -0.2) is 19.5 Å². The van der Waals surface area contributed by atoms with E-state index in [9.17, 15) is 0 Å². The smallest absolute Gasteiger partial charge is 0.257 e. The average molecular weight is 393 g/mol. The molecule has 2 aliphatic rings. The second kappa shape index (κ2) is 7.50. The molecular formula is C21H27N7O. The van der Waals surface area contributed by atoms with E-state index >= 15 is 0 Å². The Labute approximate surface area is 170 Å². The van der Waals surface area contributed by atoms with Crippen LogP contribution in [0.4, 0.5) is 11.6 Å². The van der Waals surface area contributed by atoms with Crippen molar-refractivity contribution in [2.24, 2.45) is 5.92 Å². The molecule has 0 spiro atoms. The van der Waals surface area contributed by atoms with Crippen molar-refractivity contribution in [2.45, 2.75) is 31.6 Å². The summed E-state index contributed by atoms with van der Waals surface area (Å²) in [5, 5.41) is 4.75. The fraction of sp³-hybridized carbons (Fsp3) is 0.524. The first-order chi connectivity index (χ1) is 14.2. The van der Waals surface area contributed by atoms with Gasteiger partial charge >= 0.3 is 0 Å². The zero-order chi connectivity index (χ0) is 19.8. The minimum atomic E-state index is 0.579. The van der Waals surface area contributed by atoms with Crippen molar-refractivity contribution in [1.29, 1.82) is 0 Å². The highest BCUT2D eigenvalue weighted by molar-refractivity contribution is 5.69. The molecule has 3 aromatic rings. The lowest BCUT2D eigenvalue weighted by molar-refractivity contribution is 0.386. The molecule has 2 fully saturated rings. The van der Waals surface area contributed by atoms with Crippen LogP contribution in [-0.4, -0.2) is 58.4 Å². The van der Waals surface area contributed by atoms with Crippen molar-refractivity contribution >= 4 is 17.2 Å². The Morgan fingerprint density at radius 3 is 2.62 bits per heavy atom. The van der Waals surface area contributed by atoms with Gasteiger partial charge in [0.25, 0.3) is 5.88 Å². The summed E-state index contributed by atoms with van der Waals surface area (Å²) >= 11 is 0. The Bertz CT molecular complexity index is 992. The van der Waals surface area contributed by atoms with Gasteiger partial charge in [0, 0.05) is 57.4 Å². The molecule has 3 aromatic heterocycles. The number of aromatic nitrogens is 5. The summed E-state index contributed by atoms with van der Waals surface area (Å²) in [6.07, 6.45) is 12.0. The van der Waals surface area contributed by atoms with Crippen LogP contribution in [-0.2, 0) is 0 Å². The lowest BCUT2D eigenvalue weighted by Gasteiger charge is -2.35. The predicted molar refractivity (Wildman–Crippen MR) is 112 cm³/mol. The van der Waals surface area contributed by atoms with Crippen molar-refractivity contribution in [3.8, 4) is 5.88 Å². The van der Waals surface area contributed by atoms with Crippen LogP contribution in [0.1, 0.15) is 37.3 Å². The molecule has 0 N–H and O–H groups in total. The summed E-state index contributed by atoms with van der Waals surface area (Å²) in [6.45, 7) is 2.96. The maximum Gasteiger partial charge on any atom is 0.257 e. The summed E-state index contributed by atoms with van der Waals surface area (Å²) in [4.78, 5) is 18.0. The van der Waals surface area contributed by atoms with E-state index in [1.165, 1.54) is 18.5 Å². The van der Waals surface area contributed by atoms with Crippen LogP contribution < -0.4 is 14.5 Å². The van der Waals surface area contributed by atoms with Crippen LogP contribution in [0.2, 0.25) is 0 Å². The Kier molecular flexibility index (Phi) is 4.69. The van der Waals surface area contributed by atoms with Crippen molar-refractivity contribution in [1.82, 2.24) is 24.6 Å². The van der Waals surface area contributed by atoms with E-state index in [0.717, 1.165) is 49.6 Å². The van der Waals surface area contributed by atoms with Crippen LogP contribution in [0.5, 0.6) is 5.88 Å². The standard InChI is InChI=1S/C21H27N7O/c1-26(20-21(29-2)24-8-7-22-20)14-15-5-10-27(11-6-15)19-18-13-17(16-3-4-16)25-28(18)12-9-23-19/h7-9,12-13,15-16H,3-6,10-11,14H2,1-2H3. The maximum atomic E-state index is 5.35. The fourth-order valence-electron chi connectivity index (χ4n) is 4.27. The molecule has 8 nitrogen and oxygen atoms in total. The molecule has 0 bridgehead atoms. The highest BCUT2D eigenvalue weighted by atomic mass is 16.5. The number of hydrogen-bond acceptors (Lipinski definition) is 7. The molecule has 29 heavy (non-hydrogen) atoms. The molecule has 1 saturated heterocycles. The summed E-state index contributed by atoms with van der Waals surface area (Å²) in [6, 6.07) is 2.24. The van der Waals surface area contributed by atoms with E-state index in [0.29, 0.717) is 17.7 Å². The molecule has 0 aromatic carbocycles. The predicted octanol–water partition coefficient (Wildman–Crippen LogP) is 2.76. The quantitative estimate of drug-likeness (QED) is 0.638. The van der Waals surface area contributed by atoms with E-state index in [1.54, 1.807) is 19.5 Å². The average Bonchev–Trinajstić information content (AvgIpc) is 3.52. The van der Waals surface area contributed by atoms with Crippen molar-refractivity contribution in [3.63, 3.8) is 0 Å². The van der Waals surface area contributed by atoms with Gasteiger partial charge in [0.2, 0.25) is 0 Å². The van der Waals surface area contributed by atoms with Gasteiger partial charge in [0.05, 0.1) is 12.8 Å². The molecule has 1 saturated carbocycles. The SMILES string of the molecule is COc1nccnc1N(C)CC1CCN(c2nccn3nc(C4CC4)cc23)CC1. The molecule has 1 aliphatic heterocycles. The zero-order valence-corrected chi connectivity index (χ0v) is 17.0. The lowest BCUT2D eigenvalue weighted by Crippen LogP contribution is -2.38. The highest BCUT2D eigenvalue weighted by Crippen LogP contribution is 2.40. The molecular weight excluding hydrogens is 366 g/mol. The van der Waals surface area contributed by atoms with Crippen LogP contribution >= 0.6 is 0 Å². The third-order valence-corrected chi connectivity index (χ3v) is 6.03. The number of methoxy groups -OCH3 is 1. The maximum absolute atomic E-state index is 5.35. The van der Waals surface area contributed by atoms with Crippen molar-refractivity contribution in [2.75, 3.05) is 43.6 Å². The molecule has 0 unspecified atom stereocenters. The van der Waals surface area contributed by atoms with E-state index in [1.807, 2.05) is 16.9 Å². The van der Waals surface area contributed by atoms with Gasteiger partial charge in [-0.2, -0.15) is 5.10 Å². The molecule has 1 aliphatic carbocycles. The van der Waals surface area contributed by atoms with E-state index in [-0.39, 0.29) is 0 Å². The number of rotatable bonds is 6. The minimum Gasteiger partial charge on any atom is -0.478 e. The topological polar surface area (TPSA) is 71.7 Å². The van der Waals surface area contributed by atoms with Gasteiger partial charge in [0.1, 0.15) is 5.52 Å². The molecule has 0 amide bonds. The summed E-state index contributed by atoms with van der Waals surface area (Å²) < 4.78 is 7.35. The van der Waals surface area contributed by atoms with E-state index in [2.05, 4.69) is 32.9 Å². The number of hydrogen-bond donors (Lipinski definition) is 0. The van der Waals surface area contributed by atoms with Crippen LogP contribution in [0.25, 0.3) is 5.52 Å². The number of anilines is 2. The third-order valence-electron chi connectivity index (χ3n) is 6.03. The Morgan fingerprint density at radius 1 is 1.07 bits per heavy atom. The van der Waals surface area contributed by atoms with Crippen molar-refractivity contribution in [3.05, 3.63) is 36.5 Å². The second-order valence-electron chi connectivity index (χ2n) is 8.12. The van der Waals surface area contributed by atoms with Gasteiger partial charge in [-0.05, 0) is 37.7 Å². The first-order valence-electron chi connectivity index (χ1n) is 10.4. The summed E-state index contributed by atoms with van der Waals surface area (Å²) in [5.41, 5.74) is 2.35.